The van der Waals surface area contributed by atoms with Gasteiger partial charge in [-0.2, -0.15) is 5.10 Å². The summed E-state index contributed by atoms with van der Waals surface area (Å²) >= 11 is 1.26. The minimum absolute atomic E-state index is 0.251. The number of hydrogen-bond acceptors (Lipinski definition) is 5. The zero-order valence-electron chi connectivity index (χ0n) is 17.9. The molecule has 5 aromatic rings. The summed E-state index contributed by atoms with van der Waals surface area (Å²) in [5, 5.41) is 10.6. The maximum Gasteiger partial charge on any atom is 0.256 e. The van der Waals surface area contributed by atoms with Crippen LogP contribution in [0.15, 0.2) is 102 Å². The lowest BCUT2D eigenvalue weighted by atomic mass is 10.1. The molecule has 0 radical (unpaired) electrons. The number of rotatable bonds is 6. The molecule has 1 amide bonds. The molecule has 166 valence electrons. The Morgan fingerprint density at radius 3 is 2.44 bits per heavy atom. The van der Waals surface area contributed by atoms with Gasteiger partial charge in [0.1, 0.15) is 16.5 Å². The van der Waals surface area contributed by atoms with E-state index in [9.17, 15) is 9.18 Å². The number of halogens is 1. The molecule has 5 rings (SSSR count). The molecule has 0 aliphatic carbocycles. The van der Waals surface area contributed by atoms with Crippen LogP contribution in [0.2, 0.25) is 0 Å². The first-order valence-electron chi connectivity index (χ1n) is 10.6. The Morgan fingerprint density at radius 1 is 0.882 bits per heavy atom. The number of carbonyl (C=O) groups is 1. The van der Waals surface area contributed by atoms with E-state index in [0.29, 0.717) is 27.0 Å². The minimum atomic E-state index is -0.341. The van der Waals surface area contributed by atoms with Gasteiger partial charge in [0, 0.05) is 16.7 Å². The van der Waals surface area contributed by atoms with Gasteiger partial charge in [0.2, 0.25) is 5.13 Å². The van der Waals surface area contributed by atoms with E-state index in [4.69, 9.17) is 0 Å². The van der Waals surface area contributed by atoms with Gasteiger partial charge in [-0.15, -0.1) is 0 Å². The van der Waals surface area contributed by atoms with Gasteiger partial charge in [-0.25, -0.2) is 9.37 Å². The predicted molar refractivity (Wildman–Crippen MR) is 137 cm³/mol. The van der Waals surface area contributed by atoms with E-state index >= 15 is 0 Å². The highest BCUT2D eigenvalue weighted by atomic mass is 32.1. The third-order valence-corrected chi connectivity index (χ3v) is 6.07. The highest BCUT2D eigenvalue weighted by molar-refractivity contribution is 7.20. The Balaban J connectivity index is 1.43. The van der Waals surface area contributed by atoms with Gasteiger partial charge in [-0.05, 0) is 47.2 Å². The summed E-state index contributed by atoms with van der Waals surface area (Å²) in [6, 6.07) is 29.0. The first kappa shape index (κ1) is 21.5. The van der Waals surface area contributed by atoms with Crippen molar-refractivity contribution in [3.8, 4) is 11.3 Å². The highest BCUT2D eigenvalue weighted by Crippen LogP contribution is 2.36. The molecular weight excluding hydrogens is 447 g/mol. The van der Waals surface area contributed by atoms with Crippen molar-refractivity contribution in [3.05, 3.63) is 114 Å². The van der Waals surface area contributed by atoms with Crippen molar-refractivity contribution in [1.82, 2.24) is 4.98 Å². The quantitative estimate of drug-likeness (QED) is 0.214. The summed E-state index contributed by atoms with van der Waals surface area (Å²) in [5.74, 6) is -0.592. The molecule has 1 heterocycles. The van der Waals surface area contributed by atoms with Crippen LogP contribution < -0.4 is 10.7 Å². The van der Waals surface area contributed by atoms with Crippen LogP contribution in [-0.2, 0) is 0 Å². The molecule has 0 spiro atoms. The summed E-state index contributed by atoms with van der Waals surface area (Å²) in [6.45, 7) is 0. The van der Waals surface area contributed by atoms with Crippen molar-refractivity contribution >= 4 is 44.4 Å². The zero-order valence-corrected chi connectivity index (χ0v) is 18.7. The van der Waals surface area contributed by atoms with E-state index < -0.39 is 0 Å². The Morgan fingerprint density at radius 2 is 1.62 bits per heavy atom. The van der Waals surface area contributed by atoms with Crippen LogP contribution in [0.4, 0.5) is 14.5 Å². The summed E-state index contributed by atoms with van der Waals surface area (Å²) < 4.78 is 13.5. The second-order valence-electron chi connectivity index (χ2n) is 7.46. The van der Waals surface area contributed by atoms with Gasteiger partial charge in [0.25, 0.3) is 5.91 Å². The Kier molecular flexibility index (Phi) is 6.09. The van der Waals surface area contributed by atoms with Gasteiger partial charge < -0.3 is 5.32 Å². The number of hydrogen-bond donors (Lipinski definition) is 2. The van der Waals surface area contributed by atoms with Crippen molar-refractivity contribution in [2.45, 2.75) is 0 Å². The van der Waals surface area contributed by atoms with Crippen molar-refractivity contribution in [2.24, 2.45) is 5.10 Å². The summed E-state index contributed by atoms with van der Waals surface area (Å²) in [7, 11) is 0. The molecule has 0 unspecified atom stereocenters. The molecule has 7 heteroatoms. The number of nitrogens with one attached hydrogen (secondary N) is 2. The standard InChI is InChI=1S/C27H19FN4OS/c28-22-15-13-19(14-16-22)24-26(31-25(33)20-8-2-1-3-9-20)34-27(30-24)32-29-17-21-11-6-10-18-7-4-5-12-23(18)21/h1-17H,(H,30,32)(H,31,33)/b29-17+. The smallest absolute Gasteiger partial charge is 0.256 e. The summed E-state index contributed by atoms with van der Waals surface area (Å²) in [6.07, 6.45) is 1.74. The van der Waals surface area contributed by atoms with Crippen LogP contribution in [-0.4, -0.2) is 17.1 Å². The van der Waals surface area contributed by atoms with Gasteiger partial charge in [-0.1, -0.05) is 72.0 Å². The van der Waals surface area contributed by atoms with Gasteiger partial charge >= 0.3 is 0 Å². The number of aromatic nitrogens is 1. The van der Waals surface area contributed by atoms with Crippen molar-refractivity contribution in [3.63, 3.8) is 0 Å². The number of amides is 1. The third-order valence-electron chi connectivity index (χ3n) is 5.20. The third kappa shape index (κ3) is 4.69. The average Bonchev–Trinajstić information content (AvgIpc) is 3.27. The number of anilines is 2. The molecule has 0 aliphatic heterocycles. The van der Waals surface area contributed by atoms with E-state index in [1.165, 1.54) is 23.5 Å². The lowest BCUT2D eigenvalue weighted by molar-refractivity contribution is 0.102. The lowest BCUT2D eigenvalue weighted by Gasteiger charge is -2.05. The van der Waals surface area contributed by atoms with Crippen LogP contribution >= 0.6 is 11.3 Å². The normalized spacial score (nSPS) is 11.1. The molecule has 1 aromatic heterocycles. The molecule has 34 heavy (non-hydrogen) atoms. The Hall–Kier alpha value is -4.36. The molecule has 0 fully saturated rings. The van der Waals surface area contributed by atoms with Crippen molar-refractivity contribution < 1.29 is 9.18 Å². The molecule has 0 bridgehead atoms. The first-order chi connectivity index (χ1) is 16.7. The molecule has 0 aliphatic rings. The van der Waals surface area contributed by atoms with E-state index in [0.717, 1.165) is 16.3 Å². The second kappa shape index (κ2) is 9.64. The lowest BCUT2D eigenvalue weighted by Crippen LogP contribution is -2.11. The fraction of sp³-hybridized carbons (Fsp3) is 0. The zero-order chi connectivity index (χ0) is 23.3. The summed E-state index contributed by atoms with van der Waals surface area (Å²) in [4.78, 5) is 17.3. The van der Waals surface area contributed by atoms with Crippen LogP contribution in [0.1, 0.15) is 15.9 Å². The predicted octanol–water partition coefficient (Wildman–Crippen LogP) is 6.80. The van der Waals surface area contributed by atoms with E-state index in [1.807, 2.05) is 36.4 Å². The SMILES string of the molecule is O=C(Nc1sc(N/N=C/c2cccc3ccccc23)nc1-c1ccc(F)cc1)c1ccccc1. The van der Waals surface area contributed by atoms with Crippen molar-refractivity contribution in [2.75, 3.05) is 10.7 Å². The number of carbonyl (C=O) groups excluding carboxylic acids is 1. The van der Waals surface area contributed by atoms with Crippen LogP contribution in [0.5, 0.6) is 0 Å². The van der Waals surface area contributed by atoms with E-state index in [-0.39, 0.29) is 11.7 Å². The van der Waals surface area contributed by atoms with Gasteiger partial charge in [0.05, 0.1) is 6.21 Å². The van der Waals surface area contributed by atoms with E-state index in [2.05, 4.69) is 33.0 Å². The summed E-state index contributed by atoms with van der Waals surface area (Å²) in [5.41, 5.74) is 5.69. The van der Waals surface area contributed by atoms with Crippen molar-refractivity contribution in [1.29, 1.82) is 0 Å². The van der Waals surface area contributed by atoms with E-state index in [1.54, 1.807) is 42.6 Å². The van der Waals surface area contributed by atoms with Gasteiger partial charge in [-0.3, -0.25) is 10.2 Å². The fourth-order valence-corrected chi connectivity index (χ4v) is 4.37. The molecule has 5 nitrogen and oxygen atoms in total. The molecule has 0 saturated heterocycles. The first-order valence-corrected chi connectivity index (χ1v) is 11.4. The molecule has 2 N–H and O–H groups in total. The highest BCUT2D eigenvalue weighted by Gasteiger charge is 2.16. The minimum Gasteiger partial charge on any atom is -0.312 e. The molecular formula is C27H19FN4OS. The fourth-order valence-electron chi connectivity index (χ4n) is 3.54. The number of fused-ring (bicyclic) bond motifs is 1. The Labute approximate surface area is 199 Å². The monoisotopic (exact) mass is 466 g/mol. The number of benzene rings is 4. The molecule has 0 atom stereocenters. The average molecular weight is 467 g/mol. The van der Waals surface area contributed by atoms with Crippen LogP contribution in [0.3, 0.4) is 0 Å². The number of hydrazone groups is 1. The molecule has 0 saturated carbocycles. The van der Waals surface area contributed by atoms with Crippen LogP contribution in [0.25, 0.3) is 22.0 Å². The van der Waals surface area contributed by atoms with Crippen LogP contribution in [0, 0.1) is 5.82 Å². The van der Waals surface area contributed by atoms with Gasteiger partial charge in [0.15, 0.2) is 0 Å². The Bertz CT molecular complexity index is 1470. The second-order valence-corrected chi connectivity index (χ2v) is 8.46. The molecule has 4 aromatic carbocycles. The number of nitrogens with zero attached hydrogens (tertiary/aromatic N) is 2. The largest absolute Gasteiger partial charge is 0.312 e. The maximum atomic E-state index is 13.5. The number of thiazole rings is 1. The topological polar surface area (TPSA) is 66.4 Å². The maximum absolute atomic E-state index is 13.5.